The van der Waals surface area contributed by atoms with Gasteiger partial charge in [0.05, 0.1) is 25.4 Å². The lowest BCUT2D eigenvalue weighted by molar-refractivity contribution is -0.120. The van der Waals surface area contributed by atoms with E-state index < -0.39 is 0 Å². The second-order valence-electron chi connectivity index (χ2n) is 4.84. The first-order valence-corrected chi connectivity index (χ1v) is 8.00. The minimum Gasteiger partial charge on any atom is -0.383 e. The molecule has 7 heteroatoms. The molecule has 1 heterocycles. The molecule has 0 bridgehead atoms. The molecule has 0 unspecified atom stereocenters. The van der Waals surface area contributed by atoms with Crippen molar-refractivity contribution in [2.24, 2.45) is 0 Å². The van der Waals surface area contributed by atoms with Gasteiger partial charge in [-0.1, -0.05) is 30.3 Å². The highest BCUT2D eigenvalue weighted by atomic mass is 35.5. The summed E-state index contributed by atoms with van der Waals surface area (Å²) < 4.78 is 4.91. The van der Waals surface area contributed by atoms with Crippen LogP contribution in [0.2, 0.25) is 0 Å². The minimum atomic E-state index is -0.0230. The number of methoxy groups -OCH3 is 1. The van der Waals surface area contributed by atoms with Crippen molar-refractivity contribution >= 4 is 29.7 Å². The third-order valence-corrected chi connectivity index (χ3v) is 4.33. The van der Waals surface area contributed by atoms with Gasteiger partial charge in [0.2, 0.25) is 5.91 Å². The predicted octanol–water partition coefficient (Wildman–Crippen LogP) is 2.39. The van der Waals surface area contributed by atoms with Gasteiger partial charge in [-0.25, -0.2) is 4.98 Å². The van der Waals surface area contributed by atoms with Crippen molar-refractivity contribution in [3.8, 4) is 10.6 Å². The predicted molar refractivity (Wildman–Crippen MR) is 96.1 cm³/mol. The molecule has 0 fully saturated rings. The largest absolute Gasteiger partial charge is 0.383 e. The number of aryl methyl sites for hydroxylation is 1. The summed E-state index contributed by atoms with van der Waals surface area (Å²) in [6.45, 7) is 4.05. The van der Waals surface area contributed by atoms with Crippen LogP contribution in [-0.4, -0.2) is 37.7 Å². The Labute approximate surface area is 146 Å². The van der Waals surface area contributed by atoms with E-state index in [1.54, 1.807) is 18.4 Å². The standard InChI is InChI=1S/C16H21N3O2S.ClH/c1-12-14(10-18-15(20)11-17-8-9-21-2)22-16(19-12)13-6-4-3-5-7-13;/h3-7,17H,8-11H2,1-2H3,(H,18,20);1H. The van der Waals surface area contributed by atoms with Gasteiger partial charge in [-0.2, -0.15) is 0 Å². The molecule has 2 N–H and O–H groups in total. The van der Waals surface area contributed by atoms with Crippen molar-refractivity contribution in [3.63, 3.8) is 0 Å². The molecule has 0 spiro atoms. The van der Waals surface area contributed by atoms with E-state index in [4.69, 9.17) is 4.74 Å². The Morgan fingerprint density at radius 3 is 2.74 bits per heavy atom. The van der Waals surface area contributed by atoms with Crippen molar-refractivity contribution < 1.29 is 9.53 Å². The summed E-state index contributed by atoms with van der Waals surface area (Å²) >= 11 is 1.62. The van der Waals surface area contributed by atoms with Crippen LogP contribution in [0.3, 0.4) is 0 Å². The Morgan fingerprint density at radius 1 is 1.30 bits per heavy atom. The maximum absolute atomic E-state index is 11.7. The van der Waals surface area contributed by atoms with Gasteiger partial charge in [-0.15, -0.1) is 23.7 Å². The summed E-state index contributed by atoms with van der Waals surface area (Å²) in [7, 11) is 1.64. The molecule has 1 amide bonds. The van der Waals surface area contributed by atoms with E-state index in [1.807, 2.05) is 37.3 Å². The summed E-state index contributed by atoms with van der Waals surface area (Å²) in [5.74, 6) is -0.0230. The van der Waals surface area contributed by atoms with Crippen molar-refractivity contribution in [1.29, 1.82) is 0 Å². The van der Waals surface area contributed by atoms with Crippen LogP contribution < -0.4 is 10.6 Å². The highest BCUT2D eigenvalue weighted by Crippen LogP contribution is 2.27. The third kappa shape index (κ3) is 6.27. The number of halogens is 1. The quantitative estimate of drug-likeness (QED) is 0.714. The van der Waals surface area contributed by atoms with Crippen LogP contribution in [0.15, 0.2) is 30.3 Å². The van der Waals surface area contributed by atoms with E-state index >= 15 is 0 Å². The first kappa shape index (κ1) is 19.6. The number of hydrogen-bond acceptors (Lipinski definition) is 5. The average molecular weight is 356 g/mol. The zero-order chi connectivity index (χ0) is 15.8. The van der Waals surface area contributed by atoms with Crippen LogP contribution in [0.5, 0.6) is 0 Å². The number of carbonyl (C=O) groups excluding carboxylic acids is 1. The Kier molecular flexibility index (Phi) is 8.79. The molecule has 0 saturated heterocycles. The zero-order valence-corrected chi connectivity index (χ0v) is 14.9. The molecule has 2 aromatic rings. The van der Waals surface area contributed by atoms with E-state index in [1.165, 1.54) is 0 Å². The molecule has 0 aliphatic heterocycles. The molecular formula is C16H22ClN3O2S. The molecule has 1 aromatic heterocycles. The highest BCUT2D eigenvalue weighted by molar-refractivity contribution is 7.15. The number of thiazole rings is 1. The lowest BCUT2D eigenvalue weighted by atomic mass is 10.2. The van der Waals surface area contributed by atoms with Gasteiger partial charge in [0.15, 0.2) is 0 Å². The van der Waals surface area contributed by atoms with Crippen LogP contribution >= 0.6 is 23.7 Å². The Morgan fingerprint density at radius 2 is 2.04 bits per heavy atom. The number of nitrogens with zero attached hydrogens (tertiary/aromatic N) is 1. The summed E-state index contributed by atoms with van der Waals surface area (Å²) in [5, 5.41) is 6.92. The van der Waals surface area contributed by atoms with Gasteiger partial charge in [0, 0.05) is 24.1 Å². The van der Waals surface area contributed by atoms with E-state index in [9.17, 15) is 4.79 Å². The van der Waals surface area contributed by atoms with E-state index in [-0.39, 0.29) is 18.3 Å². The SMILES string of the molecule is COCCNCC(=O)NCc1sc(-c2ccccc2)nc1C.Cl. The molecule has 0 saturated carbocycles. The van der Waals surface area contributed by atoms with Crippen LogP contribution in [0.25, 0.3) is 10.6 Å². The first-order valence-electron chi connectivity index (χ1n) is 7.18. The lowest BCUT2D eigenvalue weighted by Gasteiger charge is -2.05. The number of carbonyl (C=O) groups is 1. The number of nitrogens with one attached hydrogen (secondary N) is 2. The lowest BCUT2D eigenvalue weighted by Crippen LogP contribution is -2.34. The molecule has 0 aliphatic rings. The Balaban J connectivity index is 0.00000264. The maximum atomic E-state index is 11.7. The average Bonchev–Trinajstić information content (AvgIpc) is 2.91. The van der Waals surface area contributed by atoms with Crippen molar-refractivity contribution in [3.05, 3.63) is 40.9 Å². The van der Waals surface area contributed by atoms with E-state index in [2.05, 4.69) is 15.6 Å². The second-order valence-corrected chi connectivity index (χ2v) is 5.92. The molecule has 23 heavy (non-hydrogen) atoms. The number of rotatable bonds is 8. The molecule has 0 radical (unpaired) electrons. The molecule has 1 aromatic carbocycles. The molecular weight excluding hydrogens is 334 g/mol. The number of aromatic nitrogens is 1. The normalized spacial score (nSPS) is 10.2. The van der Waals surface area contributed by atoms with Gasteiger partial charge in [-0.3, -0.25) is 4.79 Å². The molecule has 126 valence electrons. The van der Waals surface area contributed by atoms with Crippen LogP contribution in [0.1, 0.15) is 10.6 Å². The van der Waals surface area contributed by atoms with Crippen LogP contribution in [0, 0.1) is 6.92 Å². The fourth-order valence-electron chi connectivity index (χ4n) is 1.91. The number of ether oxygens (including phenoxy) is 1. The van der Waals surface area contributed by atoms with Gasteiger partial charge in [0.25, 0.3) is 0 Å². The number of hydrogen-bond donors (Lipinski definition) is 2. The van der Waals surface area contributed by atoms with Crippen molar-refractivity contribution in [2.75, 3.05) is 26.8 Å². The topological polar surface area (TPSA) is 63.2 Å². The minimum absolute atomic E-state index is 0. The second kappa shape index (κ2) is 10.3. The zero-order valence-electron chi connectivity index (χ0n) is 13.3. The van der Waals surface area contributed by atoms with Crippen LogP contribution in [0.4, 0.5) is 0 Å². The fraction of sp³-hybridized carbons (Fsp3) is 0.375. The first-order chi connectivity index (χ1) is 10.7. The van der Waals surface area contributed by atoms with Gasteiger partial charge in [0.1, 0.15) is 5.01 Å². The smallest absolute Gasteiger partial charge is 0.234 e. The number of benzene rings is 1. The molecule has 5 nitrogen and oxygen atoms in total. The molecule has 0 atom stereocenters. The summed E-state index contributed by atoms with van der Waals surface area (Å²) in [4.78, 5) is 17.4. The van der Waals surface area contributed by atoms with E-state index in [0.29, 0.717) is 26.2 Å². The fourth-order valence-corrected chi connectivity index (χ4v) is 2.92. The maximum Gasteiger partial charge on any atom is 0.234 e. The summed E-state index contributed by atoms with van der Waals surface area (Å²) in [6, 6.07) is 10.1. The van der Waals surface area contributed by atoms with E-state index in [0.717, 1.165) is 21.1 Å². The monoisotopic (exact) mass is 355 g/mol. The molecule has 0 aliphatic carbocycles. The van der Waals surface area contributed by atoms with Gasteiger partial charge >= 0.3 is 0 Å². The van der Waals surface area contributed by atoms with Gasteiger partial charge in [-0.05, 0) is 6.92 Å². The van der Waals surface area contributed by atoms with Crippen molar-refractivity contribution in [2.45, 2.75) is 13.5 Å². The highest BCUT2D eigenvalue weighted by Gasteiger charge is 2.10. The van der Waals surface area contributed by atoms with Crippen molar-refractivity contribution in [1.82, 2.24) is 15.6 Å². The Hall–Kier alpha value is -1.47. The summed E-state index contributed by atoms with van der Waals surface area (Å²) in [5.41, 5.74) is 2.07. The number of amides is 1. The Bertz CT molecular complexity index is 605. The van der Waals surface area contributed by atoms with Gasteiger partial charge < -0.3 is 15.4 Å². The van der Waals surface area contributed by atoms with Crippen LogP contribution in [-0.2, 0) is 16.1 Å². The summed E-state index contributed by atoms with van der Waals surface area (Å²) in [6.07, 6.45) is 0. The third-order valence-electron chi connectivity index (χ3n) is 3.13. The molecule has 2 rings (SSSR count).